The highest BCUT2D eigenvalue weighted by molar-refractivity contribution is 7.26. The van der Waals surface area contributed by atoms with Gasteiger partial charge in [-0.25, -0.2) is 0 Å². The third-order valence-corrected chi connectivity index (χ3v) is 12.6. The first-order chi connectivity index (χ1) is 26.5. The van der Waals surface area contributed by atoms with Crippen molar-refractivity contribution in [3.63, 3.8) is 0 Å². The number of allylic oxidation sites excluding steroid dienone is 5. The molecule has 0 saturated carbocycles. The van der Waals surface area contributed by atoms with Crippen LogP contribution in [0.5, 0.6) is 0 Å². The van der Waals surface area contributed by atoms with E-state index >= 15 is 0 Å². The maximum Gasteiger partial charge on any atom is 0.0434 e. The quantitative estimate of drug-likeness (QED) is 0.150. The fourth-order valence-corrected chi connectivity index (χ4v) is 9.98. The van der Waals surface area contributed by atoms with Crippen LogP contribution < -0.4 is 9.75 Å². The molecule has 54 heavy (non-hydrogen) atoms. The zero-order chi connectivity index (χ0) is 36.8. The Morgan fingerprint density at radius 2 is 1.11 bits per heavy atom. The Kier molecular flexibility index (Phi) is 8.63. The second kappa shape index (κ2) is 13.9. The van der Waals surface area contributed by atoms with Crippen molar-refractivity contribution in [3.8, 4) is 11.1 Å². The van der Waals surface area contributed by atoms with E-state index in [1.165, 1.54) is 46.4 Å². The van der Waals surface area contributed by atoms with Gasteiger partial charge >= 0.3 is 0 Å². The molecule has 0 saturated heterocycles. The monoisotopic (exact) mass is 724 g/mol. The van der Waals surface area contributed by atoms with Crippen molar-refractivity contribution in [1.29, 1.82) is 0 Å². The van der Waals surface area contributed by atoms with Crippen LogP contribution in [0.3, 0.4) is 0 Å². The molecule has 0 aliphatic carbocycles. The van der Waals surface area contributed by atoms with Crippen molar-refractivity contribution >= 4 is 109 Å². The third kappa shape index (κ3) is 5.77. The third-order valence-electron chi connectivity index (χ3n) is 10.3. The number of thiophene rings is 2. The number of fused-ring (bicyclic) bond motifs is 8. The van der Waals surface area contributed by atoms with Crippen molar-refractivity contribution in [2.45, 2.75) is 0 Å². The molecule has 0 bridgehead atoms. The Labute approximate surface area is 322 Å². The first kappa shape index (κ1) is 33.5. The highest BCUT2D eigenvalue weighted by Crippen LogP contribution is 2.40. The average molecular weight is 725 g/mol. The van der Waals surface area contributed by atoms with Gasteiger partial charge in [0, 0.05) is 45.4 Å². The Hall–Kier alpha value is -6.32. The highest BCUT2D eigenvalue weighted by atomic mass is 32.1. The number of rotatable bonds is 6. The Morgan fingerprint density at radius 3 is 1.85 bits per heavy atom. The van der Waals surface area contributed by atoms with Crippen molar-refractivity contribution in [3.05, 3.63) is 204 Å². The van der Waals surface area contributed by atoms with Crippen LogP contribution in [0.2, 0.25) is 0 Å². The number of benzene rings is 6. The van der Waals surface area contributed by atoms with Gasteiger partial charge in [0.2, 0.25) is 0 Å². The first-order valence-electron chi connectivity index (χ1n) is 18.0. The van der Waals surface area contributed by atoms with Gasteiger partial charge < -0.3 is 0 Å². The van der Waals surface area contributed by atoms with E-state index in [1.807, 2.05) is 23.5 Å². The van der Waals surface area contributed by atoms with Gasteiger partial charge in [0.15, 0.2) is 0 Å². The molecule has 9 aromatic rings. The van der Waals surface area contributed by atoms with Gasteiger partial charge in [-0.15, -0.1) is 22.7 Å². The predicted molar refractivity (Wildman–Crippen MR) is 243 cm³/mol. The van der Waals surface area contributed by atoms with Crippen LogP contribution in [0.4, 0.5) is 0 Å². The van der Waals surface area contributed by atoms with Crippen molar-refractivity contribution in [1.82, 2.24) is 0 Å². The van der Waals surface area contributed by atoms with Crippen LogP contribution in [-0.2, 0) is 0 Å². The predicted octanol–water partition coefficient (Wildman–Crippen LogP) is 14.2. The standard InChI is InChI=1S/C52H36S2/c1-5-6-17-33(2)37-18-9-7-8-10-19-43(41-22-13-11-20-39(37)41)44-29-28-38(40-21-12-14-23-42(40)44)34(3)30-47-35(4)53-51-31-36-26-27-46-45-24-15-16-25-50(45)54-52(46)48(36)32-49(47)51/h5-32H,1-4H2/b8-7?,9-7?,10-8?,17-6-,18-9?,19-10?,37-18?,39-37?,43-19?,43-41?,47-30+. The molecule has 0 spiro atoms. The topological polar surface area (TPSA) is 0 Å². The molecule has 0 aliphatic rings. The second-order valence-corrected chi connectivity index (χ2v) is 15.7. The summed E-state index contributed by atoms with van der Waals surface area (Å²) in [6, 6.07) is 52.4. The lowest BCUT2D eigenvalue weighted by molar-refractivity contribution is 1.65. The summed E-state index contributed by atoms with van der Waals surface area (Å²) in [6.45, 7) is 17.5. The molecule has 2 heteroatoms. The lowest BCUT2D eigenvalue weighted by Gasteiger charge is -2.14. The first-order valence-corrected chi connectivity index (χ1v) is 19.7. The highest BCUT2D eigenvalue weighted by Gasteiger charge is 2.14. The molecule has 0 fully saturated rings. The molecular formula is C52H36S2. The molecule has 0 N–H and O–H groups in total. The van der Waals surface area contributed by atoms with Gasteiger partial charge in [0.05, 0.1) is 0 Å². The maximum atomic E-state index is 4.68. The van der Waals surface area contributed by atoms with Crippen molar-refractivity contribution in [2.75, 3.05) is 0 Å². The molecule has 0 unspecified atom stereocenters. The summed E-state index contributed by atoms with van der Waals surface area (Å²) in [4.78, 5) is 0. The SMILES string of the molecule is C=C/C=C\C(=C)c1ccccccc(-c2ccc(C(=C)/C=c3\c(=C)sc4cc5ccc6c7ccccc7sc6c5cc34)c3ccccc23)c2ccccc12. The Morgan fingerprint density at radius 1 is 0.481 bits per heavy atom. The van der Waals surface area contributed by atoms with E-state index in [9.17, 15) is 0 Å². The maximum absolute atomic E-state index is 4.68. The molecule has 9 rings (SSSR count). The molecule has 7 aromatic carbocycles. The fraction of sp³-hybridized carbons (Fsp3) is 0. The van der Waals surface area contributed by atoms with E-state index in [0.717, 1.165) is 59.3 Å². The second-order valence-electron chi connectivity index (χ2n) is 13.5. The van der Waals surface area contributed by atoms with E-state index in [0.29, 0.717) is 0 Å². The van der Waals surface area contributed by atoms with Crippen LogP contribution in [0.1, 0.15) is 11.1 Å². The van der Waals surface area contributed by atoms with Crippen LogP contribution in [0.15, 0.2) is 184 Å². The van der Waals surface area contributed by atoms with Crippen LogP contribution >= 0.6 is 22.7 Å². The molecule has 256 valence electrons. The van der Waals surface area contributed by atoms with E-state index in [1.54, 1.807) is 17.4 Å². The van der Waals surface area contributed by atoms with Gasteiger partial charge in [0.1, 0.15) is 0 Å². The molecule has 0 amide bonds. The Bertz CT molecular complexity index is 3240. The smallest absolute Gasteiger partial charge is 0.0434 e. The molecular weight excluding hydrogens is 689 g/mol. The Balaban J connectivity index is 1.23. The van der Waals surface area contributed by atoms with E-state index in [-0.39, 0.29) is 0 Å². The lowest BCUT2D eigenvalue weighted by atomic mass is 9.90. The van der Waals surface area contributed by atoms with Crippen LogP contribution in [0, 0.1) is 0 Å². The summed E-state index contributed by atoms with van der Waals surface area (Å²) < 4.78 is 4.95. The van der Waals surface area contributed by atoms with Crippen LogP contribution in [-0.4, -0.2) is 0 Å². The van der Waals surface area contributed by atoms with Crippen molar-refractivity contribution in [2.24, 2.45) is 0 Å². The molecule has 2 heterocycles. The van der Waals surface area contributed by atoms with E-state index < -0.39 is 0 Å². The summed E-state index contributed by atoms with van der Waals surface area (Å²) in [5.41, 5.74) is 6.37. The summed E-state index contributed by atoms with van der Waals surface area (Å²) in [6.07, 6.45) is 7.98. The minimum atomic E-state index is 0.926. The largest absolute Gasteiger partial charge is 0.136 e. The minimum absolute atomic E-state index is 0.926. The average Bonchev–Trinajstić information content (AvgIpc) is 3.73. The fourth-order valence-electron chi connectivity index (χ4n) is 7.74. The summed E-state index contributed by atoms with van der Waals surface area (Å²) in [7, 11) is 0. The lowest BCUT2D eigenvalue weighted by Crippen LogP contribution is -2.16. The molecule has 0 radical (unpaired) electrons. The van der Waals surface area contributed by atoms with E-state index in [4.69, 9.17) is 0 Å². The molecule has 0 nitrogen and oxygen atoms in total. The minimum Gasteiger partial charge on any atom is -0.136 e. The number of hydrogen-bond donors (Lipinski definition) is 0. The molecule has 2 aromatic heterocycles. The summed E-state index contributed by atoms with van der Waals surface area (Å²) in [5.74, 6) is 0. The van der Waals surface area contributed by atoms with Gasteiger partial charge in [-0.3, -0.25) is 0 Å². The van der Waals surface area contributed by atoms with Gasteiger partial charge in [-0.1, -0.05) is 172 Å². The summed E-state index contributed by atoms with van der Waals surface area (Å²) in [5, 5.41) is 12.1. The zero-order valence-electron chi connectivity index (χ0n) is 29.8. The van der Waals surface area contributed by atoms with Crippen molar-refractivity contribution < 1.29 is 0 Å². The van der Waals surface area contributed by atoms with Gasteiger partial charge in [-0.05, 0) is 84.6 Å². The van der Waals surface area contributed by atoms with E-state index in [2.05, 4.69) is 178 Å². The molecule has 0 atom stereocenters. The normalized spacial score (nSPS) is 12.0. The van der Waals surface area contributed by atoms with Crippen LogP contribution in [0.25, 0.3) is 97.5 Å². The zero-order valence-corrected chi connectivity index (χ0v) is 31.4. The van der Waals surface area contributed by atoms with Gasteiger partial charge in [0.25, 0.3) is 0 Å². The van der Waals surface area contributed by atoms with Gasteiger partial charge in [-0.2, -0.15) is 0 Å². The summed E-state index contributed by atoms with van der Waals surface area (Å²) >= 11 is 3.63. The number of hydrogen-bond acceptors (Lipinski definition) is 2. The molecule has 0 aliphatic heterocycles.